The first-order valence-electron chi connectivity index (χ1n) is 6.88. The van der Waals surface area contributed by atoms with Crippen LogP contribution < -0.4 is 10.6 Å². The van der Waals surface area contributed by atoms with Gasteiger partial charge in [-0.25, -0.2) is 0 Å². The third kappa shape index (κ3) is 4.12. The van der Waals surface area contributed by atoms with E-state index in [1.165, 1.54) is 12.8 Å². The predicted molar refractivity (Wildman–Crippen MR) is 77.7 cm³/mol. The number of benzene rings is 1. The molecule has 0 amide bonds. The molecule has 2 N–H and O–H groups in total. The summed E-state index contributed by atoms with van der Waals surface area (Å²) in [5.74, 6) is 0.842. The Bertz CT molecular complexity index is 458. The van der Waals surface area contributed by atoms with Crippen molar-refractivity contribution < 1.29 is 4.92 Å². The molecule has 1 saturated carbocycles. The highest BCUT2D eigenvalue weighted by atomic mass is 16.6. The van der Waals surface area contributed by atoms with Gasteiger partial charge in [-0.2, -0.15) is 0 Å². The second kappa shape index (κ2) is 5.91. The first-order valence-corrected chi connectivity index (χ1v) is 6.88. The van der Waals surface area contributed by atoms with Crippen LogP contribution in [0.4, 0.5) is 17.1 Å². The third-order valence-corrected chi connectivity index (χ3v) is 3.31. The summed E-state index contributed by atoms with van der Waals surface area (Å²) in [5, 5.41) is 17.4. The summed E-state index contributed by atoms with van der Waals surface area (Å²) >= 11 is 0. The van der Waals surface area contributed by atoms with E-state index in [1.807, 2.05) is 13.0 Å². The van der Waals surface area contributed by atoms with Crippen LogP contribution >= 0.6 is 0 Å². The van der Waals surface area contributed by atoms with Crippen molar-refractivity contribution in [3.8, 4) is 0 Å². The zero-order valence-electron chi connectivity index (χ0n) is 11.5. The molecule has 1 aromatic rings. The predicted octanol–water partition coefficient (Wildman–Crippen LogP) is 3.63. The van der Waals surface area contributed by atoms with Gasteiger partial charge in [-0.1, -0.05) is 12.8 Å². The highest BCUT2D eigenvalue weighted by molar-refractivity contribution is 5.63. The average molecular weight is 263 g/mol. The van der Waals surface area contributed by atoms with Gasteiger partial charge in [-0.3, -0.25) is 10.1 Å². The van der Waals surface area contributed by atoms with E-state index >= 15 is 0 Å². The average Bonchev–Trinajstić information content (AvgIpc) is 3.12. The minimum Gasteiger partial charge on any atom is -0.385 e. The zero-order valence-corrected chi connectivity index (χ0v) is 11.5. The summed E-state index contributed by atoms with van der Waals surface area (Å²) in [6.45, 7) is 4.85. The largest absolute Gasteiger partial charge is 0.385 e. The Hall–Kier alpha value is -1.78. The standard InChI is InChI=1S/C14H21N3O2/c1-3-15-12-7-13(9-14(8-12)17(18)19)16-10(2)6-11-4-5-11/h7-11,15-16H,3-6H2,1-2H3. The van der Waals surface area contributed by atoms with Gasteiger partial charge in [-0.05, 0) is 32.3 Å². The third-order valence-electron chi connectivity index (χ3n) is 3.31. The molecule has 0 spiro atoms. The van der Waals surface area contributed by atoms with Gasteiger partial charge in [0.1, 0.15) is 0 Å². The molecule has 0 aromatic heterocycles. The topological polar surface area (TPSA) is 67.2 Å². The lowest BCUT2D eigenvalue weighted by Crippen LogP contribution is -2.16. The molecule has 0 bridgehead atoms. The molecule has 19 heavy (non-hydrogen) atoms. The van der Waals surface area contributed by atoms with Crippen LogP contribution in [0.25, 0.3) is 0 Å². The van der Waals surface area contributed by atoms with Gasteiger partial charge < -0.3 is 10.6 Å². The quantitative estimate of drug-likeness (QED) is 0.582. The van der Waals surface area contributed by atoms with Gasteiger partial charge >= 0.3 is 0 Å². The van der Waals surface area contributed by atoms with E-state index < -0.39 is 0 Å². The van der Waals surface area contributed by atoms with Gasteiger partial charge in [0, 0.05) is 36.1 Å². The van der Waals surface area contributed by atoms with Gasteiger partial charge in [0.15, 0.2) is 0 Å². The SMILES string of the molecule is CCNc1cc(NC(C)CC2CC2)cc([N+](=O)[O-])c1. The molecule has 0 heterocycles. The summed E-state index contributed by atoms with van der Waals surface area (Å²) in [6, 6.07) is 5.45. The molecule has 0 radical (unpaired) electrons. The van der Waals surface area contributed by atoms with E-state index in [9.17, 15) is 10.1 Å². The molecule has 1 fully saturated rings. The van der Waals surface area contributed by atoms with Gasteiger partial charge in [0.2, 0.25) is 0 Å². The van der Waals surface area contributed by atoms with Crippen LogP contribution in [-0.2, 0) is 0 Å². The molecule has 2 rings (SSSR count). The Morgan fingerprint density at radius 3 is 2.63 bits per heavy atom. The lowest BCUT2D eigenvalue weighted by atomic mass is 10.1. The van der Waals surface area contributed by atoms with Crippen molar-refractivity contribution in [3.05, 3.63) is 28.3 Å². The summed E-state index contributed by atoms with van der Waals surface area (Å²) in [6.07, 6.45) is 3.78. The number of anilines is 2. The van der Waals surface area contributed by atoms with Crippen molar-refractivity contribution in [1.82, 2.24) is 0 Å². The zero-order chi connectivity index (χ0) is 13.8. The summed E-state index contributed by atoms with van der Waals surface area (Å²) in [7, 11) is 0. The van der Waals surface area contributed by atoms with Crippen LogP contribution in [0, 0.1) is 16.0 Å². The monoisotopic (exact) mass is 263 g/mol. The lowest BCUT2D eigenvalue weighted by molar-refractivity contribution is -0.384. The van der Waals surface area contributed by atoms with Crippen LogP contribution in [0.1, 0.15) is 33.1 Å². The van der Waals surface area contributed by atoms with E-state index in [4.69, 9.17) is 0 Å². The van der Waals surface area contributed by atoms with Crippen LogP contribution in [0.15, 0.2) is 18.2 Å². The number of nitrogens with zero attached hydrogens (tertiary/aromatic N) is 1. The Balaban J connectivity index is 2.10. The molecule has 1 atom stereocenters. The van der Waals surface area contributed by atoms with Crippen molar-refractivity contribution in [2.24, 2.45) is 5.92 Å². The number of nitro benzene ring substituents is 1. The van der Waals surface area contributed by atoms with Crippen LogP contribution in [0.3, 0.4) is 0 Å². The molecular formula is C14H21N3O2. The first kappa shape index (κ1) is 13.6. The summed E-state index contributed by atoms with van der Waals surface area (Å²) in [4.78, 5) is 10.6. The Morgan fingerprint density at radius 2 is 2.05 bits per heavy atom. The van der Waals surface area contributed by atoms with Crippen molar-refractivity contribution in [1.29, 1.82) is 0 Å². The normalized spacial score (nSPS) is 15.9. The number of rotatable bonds is 7. The molecular weight excluding hydrogens is 242 g/mol. The Labute approximate surface area is 113 Å². The number of hydrogen-bond acceptors (Lipinski definition) is 4. The highest BCUT2D eigenvalue weighted by Crippen LogP contribution is 2.34. The molecule has 104 valence electrons. The van der Waals surface area contributed by atoms with E-state index in [2.05, 4.69) is 17.6 Å². The number of non-ortho nitro benzene ring substituents is 1. The summed E-state index contributed by atoms with van der Waals surface area (Å²) < 4.78 is 0. The van der Waals surface area contributed by atoms with Crippen LogP contribution in [0.2, 0.25) is 0 Å². The highest BCUT2D eigenvalue weighted by Gasteiger charge is 2.23. The van der Waals surface area contributed by atoms with E-state index in [0.717, 1.165) is 30.3 Å². The Kier molecular flexibility index (Phi) is 4.24. The second-order valence-electron chi connectivity index (χ2n) is 5.28. The Morgan fingerprint density at radius 1 is 1.37 bits per heavy atom. The molecule has 5 nitrogen and oxygen atoms in total. The van der Waals surface area contributed by atoms with Crippen LogP contribution in [0.5, 0.6) is 0 Å². The minimum absolute atomic E-state index is 0.125. The molecule has 0 saturated heterocycles. The molecule has 1 unspecified atom stereocenters. The summed E-state index contributed by atoms with van der Waals surface area (Å²) in [5.41, 5.74) is 1.73. The van der Waals surface area contributed by atoms with Crippen molar-refractivity contribution in [3.63, 3.8) is 0 Å². The fraction of sp³-hybridized carbons (Fsp3) is 0.571. The van der Waals surface area contributed by atoms with Crippen molar-refractivity contribution in [2.45, 2.75) is 39.2 Å². The smallest absolute Gasteiger partial charge is 0.273 e. The van der Waals surface area contributed by atoms with E-state index in [1.54, 1.807) is 12.1 Å². The molecule has 1 aliphatic rings. The fourth-order valence-electron chi connectivity index (χ4n) is 2.30. The lowest BCUT2D eigenvalue weighted by Gasteiger charge is -2.16. The number of nitro groups is 1. The molecule has 1 aliphatic carbocycles. The van der Waals surface area contributed by atoms with Crippen molar-refractivity contribution >= 4 is 17.1 Å². The van der Waals surface area contributed by atoms with Gasteiger partial charge in [0.25, 0.3) is 5.69 Å². The molecule has 5 heteroatoms. The van der Waals surface area contributed by atoms with Gasteiger partial charge in [0.05, 0.1) is 4.92 Å². The maximum absolute atomic E-state index is 10.9. The first-order chi connectivity index (χ1) is 9.08. The molecule has 1 aromatic carbocycles. The maximum atomic E-state index is 10.9. The van der Waals surface area contributed by atoms with Crippen molar-refractivity contribution in [2.75, 3.05) is 17.2 Å². The van der Waals surface area contributed by atoms with Crippen LogP contribution in [-0.4, -0.2) is 17.5 Å². The fourth-order valence-corrected chi connectivity index (χ4v) is 2.30. The minimum atomic E-state index is -0.350. The number of hydrogen-bond donors (Lipinski definition) is 2. The van der Waals surface area contributed by atoms with Gasteiger partial charge in [-0.15, -0.1) is 0 Å². The second-order valence-corrected chi connectivity index (χ2v) is 5.28. The molecule has 0 aliphatic heterocycles. The number of nitrogens with one attached hydrogen (secondary N) is 2. The van der Waals surface area contributed by atoms with E-state index in [0.29, 0.717) is 6.04 Å². The maximum Gasteiger partial charge on any atom is 0.273 e. The van der Waals surface area contributed by atoms with E-state index in [-0.39, 0.29) is 10.6 Å².